The summed E-state index contributed by atoms with van der Waals surface area (Å²) < 4.78 is 0. The minimum Gasteiger partial charge on any atom is -0.310 e. The van der Waals surface area contributed by atoms with Gasteiger partial charge in [0.2, 0.25) is 0 Å². The molecular formula is C11H16ClN. The highest BCUT2D eigenvalue weighted by atomic mass is 35.5. The van der Waals surface area contributed by atoms with Gasteiger partial charge in [0.05, 0.1) is 0 Å². The molecule has 0 radical (unpaired) electrons. The van der Waals surface area contributed by atoms with Gasteiger partial charge in [0.15, 0.2) is 0 Å². The van der Waals surface area contributed by atoms with Gasteiger partial charge in [-0.1, -0.05) is 37.6 Å². The van der Waals surface area contributed by atoms with Gasteiger partial charge in [-0.3, -0.25) is 0 Å². The zero-order valence-corrected chi connectivity index (χ0v) is 8.93. The molecule has 1 unspecified atom stereocenters. The average Bonchev–Trinajstić information content (AvgIpc) is 2.14. The lowest BCUT2D eigenvalue weighted by molar-refractivity contribution is 0.537. The highest BCUT2D eigenvalue weighted by Crippen LogP contribution is 2.19. The highest BCUT2D eigenvalue weighted by molar-refractivity contribution is 6.30. The molecule has 2 heteroatoms. The number of hydrogen-bond donors (Lipinski definition) is 1. The van der Waals surface area contributed by atoms with Crippen LogP contribution in [0.15, 0.2) is 24.3 Å². The van der Waals surface area contributed by atoms with E-state index < -0.39 is 0 Å². The smallest absolute Gasteiger partial charge is 0.0409 e. The van der Waals surface area contributed by atoms with E-state index in [0.717, 1.165) is 18.0 Å². The summed E-state index contributed by atoms with van der Waals surface area (Å²) in [6, 6.07) is 8.48. The molecule has 0 aliphatic heterocycles. The summed E-state index contributed by atoms with van der Waals surface area (Å²) in [5, 5.41) is 4.23. The molecule has 0 aromatic heterocycles. The Morgan fingerprint density at radius 1 is 1.38 bits per heavy atom. The summed E-state index contributed by atoms with van der Waals surface area (Å²) in [5.74, 6) is 0. The molecule has 1 nitrogen and oxygen atoms in total. The summed E-state index contributed by atoms with van der Waals surface area (Å²) in [6.07, 6.45) is 1.09. The lowest BCUT2D eigenvalue weighted by atomic mass is 10.0. The maximum Gasteiger partial charge on any atom is 0.0409 e. The molecule has 0 fully saturated rings. The number of nitrogens with one attached hydrogen (secondary N) is 1. The number of benzene rings is 1. The van der Waals surface area contributed by atoms with Crippen molar-refractivity contribution >= 4 is 11.6 Å². The normalized spacial score (nSPS) is 12.8. The van der Waals surface area contributed by atoms with Crippen LogP contribution in [0.2, 0.25) is 5.02 Å². The van der Waals surface area contributed by atoms with Crippen molar-refractivity contribution in [3.63, 3.8) is 0 Å². The fourth-order valence-corrected chi connectivity index (χ4v) is 1.67. The maximum absolute atomic E-state index is 5.92. The molecule has 0 amide bonds. The van der Waals surface area contributed by atoms with E-state index in [1.165, 1.54) is 5.56 Å². The molecule has 1 aromatic carbocycles. The van der Waals surface area contributed by atoms with Gasteiger partial charge in [0.1, 0.15) is 0 Å². The van der Waals surface area contributed by atoms with Gasteiger partial charge in [-0.15, -0.1) is 0 Å². The van der Waals surface area contributed by atoms with Crippen molar-refractivity contribution < 1.29 is 0 Å². The van der Waals surface area contributed by atoms with Crippen LogP contribution in [0.4, 0.5) is 0 Å². The zero-order chi connectivity index (χ0) is 9.68. The summed E-state index contributed by atoms with van der Waals surface area (Å²) >= 11 is 5.92. The fourth-order valence-electron chi connectivity index (χ4n) is 1.47. The van der Waals surface area contributed by atoms with E-state index in [1.54, 1.807) is 0 Å². The molecule has 72 valence electrons. The van der Waals surface area contributed by atoms with Crippen LogP contribution >= 0.6 is 11.6 Å². The quantitative estimate of drug-likeness (QED) is 0.780. The van der Waals surface area contributed by atoms with Crippen LogP contribution in [0.3, 0.4) is 0 Å². The monoisotopic (exact) mass is 197 g/mol. The second-order valence-electron chi connectivity index (χ2n) is 3.07. The largest absolute Gasteiger partial charge is 0.310 e. The lowest BCUT2D eigenvalue weighted by Crippen LogP contribution is -2.19. The molecule has 1 N–H and O–H groups in total. The van der Waals surface area contributed by atoms with Crippen molar-refractivity contribution in [1.82, 2.24) is 5.32 Å². The van der Waals surface area contributed by atoms with Gasteiger partial charge in [-0.25, -0.2) is 0 Å². The van der Waals surface area contributed by atoms with Gasteiger partial charge < -0.3 is 5.32 Å². The first-order valence-corrected chi connectivity index (χ1v) is 5.14. The van der Waals surface area contributed by atoms with Crippen LogP contribution in [0.5, 0.6) is 0 Å². The molecule has 0 spiro atoms. The Hall–Kier alpha value is -0.530. The third-order valence-electron chi connectivity index (χ3n) is 2.11. The summed E-state index contributed by atoms with van der Waals surface area (Å²) in [4.78, 5) is 0. The van der Waals surface area contributed by atoms with Crippen molar-refractivity contribution in [3.8, 4) is 0 Å². The van der Waals surface area contributed by atoms with E-state index in [2.05, 4.69) is 25.2 Å². The summed E-state index contributed by atoms with van der Waals surface area (Å²) in [7, 11) is 0. The topological polar surface area (TPSA) is 12.0 Å². The lowest BCUT2D eigenvalue weighted by Gasteiger charge is -2.16. The summed E-state index contributed by atoms with van der Waals surface area (Å²) in [5.41, 5.74) is 1.27. The fraction of sp³-hybridized carbons (Fsp3) is 0.455. The van der Waals surface area contributed by atoms with Crippen LogP contribution in [0, 0.1) is 0 Å². The second-order valence-corrected chi connectivity index (χ2v) is 3.51. The Bertz CT molecular complexity index is 260. The van der Waals surface area contributed by atoms with E-state index in [-0.39, 0.29) is 0 Å². The molecule has 1 rings (SSSR count). The van der Waals surface area contributed by atoms with E-state index in [4.69, 9.17) is 11.6 Å². The minimum absolute atomic E-state index is 0.434. The first-order valence-electron chi connectivity index (χ1n) is 4.76. The first kappa shape index (κ1) is 10.6. The first-order chi connectivity index (χ1) is 6.27. The molecular weight excluding hydrogens is 182 g/mol. The van der Waals surface area contributed by atoms with Crippen molar-refractivity contribution in [3.05, 3.63) is 34.9 Å². The van der Waals surface area contributed by atoms with Crippen LogP contribution in [0.1, 0.15) is 31.9 Å². The third kappa shape index (κ3) is 3.02. The van der Waals surface area contributed by atoms with E-state index >= 15 is 0 Å². The van der Waals surface area contributed by atoms with Crippen LogP contribution in [0.25, 0.3) is 0 Å². The van der Waals surface area contributed by atoms with E-state index in [1.807, 2.05) is 18.2 Å². The Morgan fingerprint density at radius 2 is 2.15 bits per heavy atom. The van der Waals surface area contributed by atoms with Gasteiger partial charge in [0, 0.05) is 11.1 Å². The SMILES string of the molecule is CCNC(CC)c1cccc(Cl)c1. The number of hydrogen-bond acceptors (Lipinski definition) is 1. The van der Waals surface area contributed by atoms with E-state index in [0.29, 0.717) is 6.04 Å². The van der Waals surface area contributed by atoms with Crippen LogP contribution in [-0.2, 0) is 0 Å². The van der Waals surface area contributed by atoms with Crippen molar-refractivity contribution in [2.45, 2.75) is 26.3 Å². The maximum atomic E-state index is 5.92. The molecule has 1 aromatic rings. The molecule has 0 saturated heterocycles. The zero-order valence-electron chi connectivity index (χ0n) is 8.18. The minimum atomic E-state index is 0.434. The van der Waals surface area contributed by atoms with Crippen LogP contribution in [-0.4, -0.2) is 6.54 Å². The highest BCUT2D eigenvalue weighted by Gasteiger charge is 2.06. The van der Waals surface area contributed by atoms with Crippen molar-refractivity contribution in [2.75, 3.05) is 6.54 Å². The van der Waals surface area contributed by atoms with E-state index in [9.17, 15) is 0 Å². The van der Waals surface area contributed by atoms with Crippen LogP contribution < -0.4 is 5.32 Å². The average molecular weight is 198 g/mol. The van der Waals surface area contributed by atoms with Crippen molar-refractivity contribution in [1.29, 1.82) is 0 Å². The Balaban J connectivity index is 2.78. The van der Waals surface area contributed by atoms with Gasteiger partial charge >= 0.3 is 0 Å². The molecule has 0 saturated carbocycles. The van der Waals surface area contributed by atoms with Gasteiger partial charge in [-0.05, 0) is 30.7 Å². The standard InChI is InChI=1S/C11H16ClN/c1-3-11(13-4-2)9-6-5-7-10(12)8-9/h5-8,11,13H,3-4H2,1-2H3. The number of rotatable bonds is 4. The molecule has 0 aliphatic carbocycles. The molecule has 0 bridgehead atoms. The molecule has 0 aliphatic rings. The molecule has 0 heterocycles. The van der Waals surface area contributed by atoms with Gasteiger partial charge in [-0.2, -0.15) is 0 Å². The second kappa shape index (κ2) is 5.25. The Morgan fingerprint density at radius 3 is 2.69 bits per heavy atom. The third-order valence-corrected chi connectivity index (χ3v) is 2.34. The summed E-state index contributed by atoms with van der Waals surface area (Å²) in [6.45, 7) is 5.28. The van der Waals surface area contributed by atoms with Gasteiger partial charge in [0.25, 0.3) is 0 Å². The predicted octanol–water partition coefficient (Wildman–Crippen LogP) is 3.40. The molecule has 1 atom stereocenters. The van der Waals surface area contributed by atoms with Crippen molar-refractivity contribution in [2.24, 2.45) is 0 Å². The Labute approximate surface area is 85.1 Å². The molecule has 13 heavy (non-hydrogen) atoms. The predicted molar refractivity (Wildman–Crippen MR) is 58.2 cm³/mol. The number of halogens is 1. The Kier molecular flexibility index (Phi) is 4.26.